The van der Waals surface area contributed by atoms with E-state index in [1.807, 2.05) is 37.3 Å². The lowest BCUT2D eigenvalue weighted by Gasteiger charge is -2.35. The number of hydrogen-bond donors (Lipinski definition) is 0. The van der Waals surface area contributed by atoms with Crippen LogP contribution in [0, 0.1) is 0 Å². The number of likely N-dealkylation sites (tertiary alicyclic amines) is 1. The standard InChI is InChI=1S/C27H38N4O6S/c1-19-16-24(30(38(4,33)34)17-20-6-10-22(35-2)11-7-20)25(31(19)27(32)36-3)18-37-23-12-8-21(9-13-23)26-28-14-5-15-29-26/h5-7,10-11,14-15,19,21,23-25H,8-9,12-13,16-18H2,1-4H3/t19-,21?,23?,24+,25+/m1/s1. The summed E-state index contributed by atoms with van der Waals surface area (Å²) >= 11 is 0. The fraction of sp³-hybridized carbons (Fsp3) is 0.593. The van der Waals surface area contributed by atoms with Crippen molar-refractivity contribution < 1.29 is 27.4 Å². The van der Waals surface area contributed by atoms with E-state index in [0.29, 0.717) is 18.1 Å². The number of aromatic nitrogens is 2. The summed E-state index contributed by atoms with van der Waals surface area (Å²) in [6, 6.07) is 8.03. The molecule has 0 spiro atoms. The Morgan fingerprint density at radius 1 is 1.08 bits per heavy atom. The molecular weight excluding hydrogens is 508 g/mol. The van der Waals surface area contributed by atoms with Gasteiger partial charge in [-0.15, -0.1) is 0 Å². The monoisotopic (exact) mass is 546 g/mol. The summed E-state index contributed by atoms with van der Waals surface area (Å²) < 4.78 is 44.2. The number of nitrogens with zero attached hydrogens (tertiary/aromatic N) is 4. The summed E-state index contributed by atoms with van der Waals surface area (Å²) in [6.45, 7) is 2.34. The first-order valence-corrected chi connectivity index (χ1v) is 14.9. The number of carbonyl (C=O) groups is 1. The lowest BCUT2D eigenvalue weighted by Crippen LogP contribution is -2.51. The van der Waals surface area contributed by atoms with Crippen molar-refractivity contribution >= 4 is 16.1 Å². The number of benzene rings is 1. The molecule has 1 amide bonds. The Kier molecular flexibility index (Phi) is 9.22. The number of rotatable bonds is 9. The van der Waals surface area contributed by atoms with Crippen molar-refractivity contribution in [2.24, 2.45) is 0 Å². The minimum Gasteiger partial charge on any atom is -0.497 e. The Labute approximate surface area is 225 Å². The van der Waals surface area contributed by atoms with Crippen LogP contribution in [0.4, 0.5) is 4.79 Å². The zero-order valence-electron chi connectivity index (χ0n) is 22.5. The summed E-state index contributed by atoms with van der Waals surface area (Å²) in [4.78, 5) is 23.2. The van der Waals surface area contributed by atoms with Crippen LogP contribution in [0.15, 0.2) is 42.7 Å². The van der Waals surface area contributed by atoms with Crippen LogP contribution in [0.1, 0.15) is 56.3 Å². The number of methoxy groups -OCH3 is 2. The molecule has 3 atom stereocenters. The van der Waals surface area contributed by atoms with Gasteiger partial charge < -0.3 is 14.2 Å². The molecule has 0 radical (unpaired) electrons. The van der Waals surface area contributed by atoms with Crippen molar-refractivity contribution in [2.45, 2.75) is 75.7 Å². The number of ether oxygens (including phenoxy) is 3. The predicted molar refractivity (Wildman–Crippen MR) is 142 cm³/mol. The lowest BCUT2D eigenvalue weighted by atomic mass is 9.87. The SMILES string of the molecule is COC(=O)N1[C@H](C)C[C@H](N(Cc2ccc(OC)cc2)S(C)(=O)=O)[C@@H]1COC1CCC(c2ncccn2)CC1. The Morgan fingerprint density at radius 2 is 1.74 bits per heavy atom. The maximum Gasteiger partial charge on any atom is 0.410 e. The number of hydrogen-bond acceptors (Lipinski definition) is 8. The zero-order chi connectivity index (χ0) is 27.3. The van der Waals surface area contributed by atoms with E-state index in [2.05, 4.69) is 9.97 Å². The van der Waals surface area contributed by atoms with Crippen molar-refractivity contribution in [3.63, 3.8) is 0 Å². The molecule has 1 aliphatic carbocycles. The third-order valence-corrected chi connectivity index (χ3v) is 8.92. The molecule has 2 fully saturated rings. The van der Waals surface area contributed by atoms with Gasteiger partial charge in [-0.1, -0.05) is 12.1 Å². The number of sulfonamides is 1. The van der Waals surface area contributed by atoms with Gasteiger partial charge in [0.15, 0.2) is 0 Å². The Balaban J connectivity index is 1.49. The van der Waals surface area contributed by atoms with Gasteiger partial charge >= 0.3 is 6.09 Å². The summed E-state index contributed by atoms with van der Waals surface area (Å²) in [6.07, 6.45) is 8.36. The van der Waals surface area contributed by atoms with E-state index in [-0.39, 0.29) is 25.3 Å². The van der Waals surface area contributed by atoms with Gasteiger partial charge in [0.25, 0.3) is 0 Å². The zero-order valence-corrected chi connectivity index (χ0v) is 23.3. The second-order valence-corrected chi connectivity index (χ2v) is 12.1. The minimum atomic E-state index is -3.60. The Bertz CT molecular complexity index is 1160. The van der Waals surface area contributed by atoms with Crippen LogP contribution in [-0.2, 0) is 26.0 Å². The van der Waals surface area contributed by atoms with Gasteiger partial charge in [0.2, 0.25) is 10.0 Å². The molecule has 1 saturated carbocycles. The van der Waals surface area contributed by atoms with Crippen LogP contribution >= 0.6 is 0 Å². The van der Waals surface area contributed by atoms with E-state index in [1.165, 1.54) is 17.7 Å². The van der Waals surface area contributed by atoms with E-state index in [0.717, 1.165) is 37.1 Å². The molecule has 0 N–H and O–H groups in total. The van der Waals surface area contributed by atoms with E-state index < -0.39 is 28.2 Å². The van der Waals surface area contributed by atoms with Crippen LogP contribution in [0.2, 0.25) is 0 Å². The molecule has 1 aromatic heterocycles. The smallest absolute Gasteiger partial charge is 0.410 e. The molecule has 2 aliphatic rings. The third kappa shape index (κ3) is 6.62. The van der Waals surface area contributed by atoms with E-state index in [9.17, 15) is 13.2 Å². The van der Waals surface area contributed by atoms with E-state index in [4.69, 9.17) is 14.2 Å². The molecule has 1 aromatic carbocycles. The first-order chi connectivity index (χ1) is 18.2. The van der Waals surface area contributed by atoms with Crippen molar-refractivity contribution in [3.8, 4) is 5.75 Å². The highest BCUT2D eigenvalue weighted by Crippen LogP contribution is 2.35. The van der Waals surface area contributed by atoms with E-state index in [1.54, 1.807) is 24.4 Å². The summed E-state index contributed by atoms with van der Waals surface area (Å²) in [7, 11) is -0.667. The fourth-order valence-electron chi connectivity index (χ4n) is 5.69. The molecule has 4 rings (SSSR count). The minimum absolute atomic E-state index is 0.0271. The molecule has 0 bridgehead atoms. The molecule has 38 heavy (non-hydrogen) atoms. The summed E-state index contributed by atoms with van der Waals surface area (Å²) in [5, 5.41) is 0. The van der Waals surface area contributed by atoms with Crippen molar-refractivity contribution in [3.05, 3.63) is 54.1 Å². The molecule has 1 aliphatic heterocycles. The van der Waals surface area contributed by atoms with Crippen LogP contribution in [0.5, 0.6) is 5.75 Å². The van der Waals surface area contributed by atoms with Crippen LogP contribution in [0.25, 0.3) is 0 Å². The second-order valence-electron chi connectivity index (χ2n) is 10.2. The highest BCUT2D eigenvalue weighted by molar-refractivity contribution is 7.88. The second kappa shape index (κ2) is 12.4. The Morgan fingerprint density at radius 3 is 2.32 bits per heavy atom. The summed E-state index contributed by atoms with van der Waals surface area (Å²) in [5.41, 5.74) is 0.835. The predicted octanol–water partition coefficient (Wildman–Crippen LogP) is 3.59. The highest BCUT2D eigenvalue weighted by atomic mass is 32.2. The number of amides is 1. The molecule has 0 unspecified atom stereocenters. The van der Waals surface area contributed by atoms with Gasteiger partial charge in [-0.3, -0.25) is 4.90 Å². The van der Waals surface area contributed by atoms with Crippen molar-refractivity contribution in [1.82, 2.24) is 19.2 Å². The average molecular weight is 547 g/mol. The first kappa shape index (κ1) is 28.3. The molecule has 2 aromatic rings. The van der Waals surface area contributed by atoms with Gasteiger partial charge in [0.1, 0.15) is 11.6 Å². The van der Waals surface area contributed by atoms with Crippen molar-refractivity contribution in [2.75, 3.05) is 27.1 Å². The van der Waals surface area contributed by atoms with Gasteiger partial charge in [-0.2, -0.15) is 4.31 Å². The largest absolute Gasteiger partial charge is 0.497 e. The maximum atomic E-state index is 13.0. The van der Waals surface area contributed by atoms with Gasteiger partial charge in [0, 0.05) is 36.9 Å². The number of carbonyl (C=O) groups excluding carboxylic acids is 1. The lowest BCUT2D eigenvalue weighted by molar-refractivity contribution is -0.0142. The Hall–Kier alpha value is -2.76. The highest BCUT2D eigenvalue weighted by Gasteiger charge is 2.47. The summed E-state index contributed by atoms with van der Waals surface area (Å²) in [5.74, 6) is 1.88. The molecule has 208 valence electrons. The normalized spacial score (nSPS) is 25.9. The van der Waals surface area contributed by atoms with Crippen molar-refractivity contribution in [1.29, 1.82) is 0 Å². The van der Waals surface area contributed by atoms with Gasteiger partial charge in [0.05, 0.1) is 39.2 Å². The van der Waals surface area contributed by atoms with Crippen LogP contribution in [0.3, 0.4) is 0 Å². The average Bonchev–Trinajstić information content (AvgIpc) is 3.25. The maximum absolute atomic E-state index is 13.0. The van der Waals surface area contributed by atoms with Gasteiger partial charge in [-0.25, -0.2) is 23.2 Å². The molecular formula is C27H38N4O6S. The van der Waals surface area contributed by atoms with Crippen LogP contribution in [-0.4, -0.2) is 85.0 Å². The van der Waals surface area contributed by atoms with Gasteiger partial charge in [-0.05, 0) is 62.8 Å². The molecule has 10 nitrogen and oxygen atoms in total. The third-order valence-electron chi connectivity index (χ3n) is 7.67. The first-order valence-electron chi connectivity index (χ1n) is 13.1. The quantitative estimate of drug-likeness (QED) is 0.469. The molecule has 11 heteroatoms. The fourth-order valence-corrected chi connectivity index (χ4v) is 6.79. The van der Waals surface area contributed by atoms with Crippen LogP contribution < -0.4 is 4.74 Å². The topological polar surface area (TPSA) is 111 Å². The van der Waals surface area contributed by atoms with E-state index >= 15 is 0 Å². The molecule has 2 heterocycles. The molecule has 1 saturated heterocycles.